The Hall–Kier alpha value is -0.650. The third-order valence-electron chi connectivity index (χ3n) is 3.94. The molecule has 0 spiro atoms. The van der Waals surface area contributed by atoms with Crippen LogP contribution in [0.25, 0.3) is 0 Å². The van der Waals surface area contributed by atoms with Crippen LogP contribution in [-0.2, 0) is 13.0 Å². The first-order valence-corrected chi connectivity index (χ1v) is 8.29. The molecule has 2 aliphatic heterocycles. The fourth-order valence-electron chi connectivity index (χ4n) is 2.81. The number of hydrogen-bond donors (Lipinski definition) is 2. The monoisotopic (exact) mass is 281 g/mol. The summed E-state index contributed by atoms with van der Waals surface area (Å²) in [7, 11) is 0. The Morgan fingerprint density at radius 3 is 3.32 bits per heavy atom. The molecule has 0 radical (unpaired) electrons. The van der Waals surface area contributed by atoms with Gasteiger partial charge in [0.25, 0.3) is 0 Å². The number of piperazine rings is 1. The largest absolute Gasteiger partial charge is 0.345 e. The average Bonchev–Trinajstić information content (AvgIpc) is 2.90. The van der Waals surface area contributed by atoms with E-state index in [1.165, 1.54) is 28.5 Å². The summed E-state index contributed by atoms with van der Waals surface area (Å²) in [6, 6.07) is 0.364. The lowest BCUT2D eigenvalue weighted by molar-refractivity contribution is 0.423. The van der Waals surface area contributed by atoms with E-state index in [0.717, 1.165) is 45.6 Å². The Balaban J connectivity index is 1.68. The van der Waals surface area contributed by atoms with Crippen LogP contribution < -0.4 is 15.5 Å². The summed E-state index contributed by atoms with van der Waals surface area (Å²) in [4.78, 5) is 8.64. The summed E-state index contributed by atoms with van der Waals surface area (Å²) in [5.74, 6) is 0. The molecule has 0 saturated carbocycles. The molecular weight excluding hydrogens is 256 g/mol. The van der Waals surface area contributed by atoms with Gasteiger partial charge in [0, 0.05) is 50.1 Å². The molecule has 1 aromatic rings. The average molecular weight is 281 g/mol. The molecule has 106 valence electrons. The number of aromatic nitrogens is 1. The summed E-state index contributed by atoms with van der Waals surface area (Å²) >= 11 is 1.84. The van der Waals surface area contributed by atoms with E-state index >= 15 is 0 Å². The highest BCUT2D eigenvalue weighted by Crippen LogP contribution is 2.29. The second-order valence-electron chi connectivity index (χ2n) is 5.44. The van der Waals surface area contributed by atoms with Gasteiger partial charge in [0.15, 0.2) is 5.13 Å². The predicted molar refractivity (Wildman–Crippen MR) is 81.1 cm³/mol. The Morgan fingerprint density at radius 1 is 1.53 bits per heavy atom. The van der Waals surface area contributed by atoms with Crippen molar-refractivity contribution in [1.82, 2.24) is 15.6 Å². The summed E-state index contributed by atoms with van der Waals surface area (Å²) in [6.07, 6.45) is 4.61. The van der Waals surface area contributed by atoms with E-state index in [2.05, 4.69) is 17.1 Å². The number of nitrogens with zero attached hydrogens (tertiary/aromatic N) is 2. The zero-order chi connectivity index (χ0) is 13.9. The van der Waals surface area contributed by atoms with E-state index < -0.39 is 0 Å². The molecule has 1 fully saturated rings. The normalized spacial score (nSPS) is 25.2. The van der Waals surface area contributed by atoms with Crippen LogP contribution in [0.2, 0.25) is 1.41 Å². The minimum Gasteiger partial charge on any atom is -0.345 e. The van der Waals surface area contributed by atoms with E-state index in [1.807, 2.05) is 11.3 Å². The van der Waals surface area contributed by atoms with Crippen molar-refractivity contribution >= 4 is 16.5 Å². The van der Waals surface area contributed by atoms with Crippen LogP contribution in [0, 0.1) is 0 Å². The lowest BCUT2D eigenvalue weighted by Crippen LogP contribution is -2.50. The summed E-state index contributed by atoms with van der Waals surface area (Å²) in [6.45, 7) is 6.98. The van der Waals surface area contributed by atoms with Gasteiger partial charge in [-0.15, -0.1) is 11.3 Å². The van der Waals surface area contributed by atoms with Crippen LogP contribution in [0.15, 0.2) is 0 Å². The van der Waals surface area contributed by atoms with Gasteiger partial charge in [0.05, 0.1) is 5.69 Å². The minimum atomic E-state index is 0.364. The number of unbranched alkanes of at least 4 members (excludes halogenated alkanes) is 1. The standard InChI is InChI=1S/C14H24N4S/c1-2-3-4-11-10-18(8-7-16-11)14-17-12-5-6-15-9-13(12)19-14/h11,15-16H,2-10H2,1H3/i/hD. The van der Waals surface area contributed by atoms with Crippen molar-refractivity contribution < 1.29 is 1.41 Å². The van der Waals surface area contributed by atoms with E-state index in [0.29, 0.717) is 6.04 Å². The van der Waals surface area contributed by atoms with Crippen LogP contribution in [0.3, 0.4) is 0 Å². The highest BCUT2D eigenvalue weighted by molar-refractivity contribution is 7.15. The fourth-order valence-corrected chi connectivity index (χ4v) is 3.92. The molecule has 1 saturated heterocycles. The molecule has 3 heterocycles. The van der Waals surface area contributed by atoms with Gasteiger partial charge in [0.2, 0.25) is 0 Å². The van der Waals surface area contributed by atoms with Gasteiger partial charge in [-0.3, -0.25) is 0 Å². The molecule has 1 unspecified atom stereocenters. The van der Waals surface area contributed by atoms with Crippen LogP contribution in [0.1, 0.15) is 36.8 Å². The third-order valence-corrected chi connectivity index (χ3v) is 5.10. The quantitative estimate of drug-likeness (QED) is 0.882. The minimum absolute atomic E-state index is 0.364. The Kier molecular flexibility index (Phi) is 3.95. The summed E-state index contributed by atoms with van der Waals surface area (Å²) in [5, 5.41) is 6.37. The molecular formula is C14H24N4S. The molecule has 19 heavy (non-hydrogen) atoms. The third kappa shape index (κ3) is 3.09. The number of thiazole rings is 1. The second kappa shape index (κ2) is 6.20. The van der Waals surface area contributed by atoms with Crippen LogP contribution in [0.5, 0.6) is 0 Å². The van der Waals surface area contributed by atoms with Crippen molar-refractivity contribution in [3.8, 4) is 0 Å². The maximum Gasteiger partial charge on any atom is 0.185 e. The van der Waals surface area contributed by atoms with Gasteiger partial charge in [-0.2, -0.15) is 0 Å². The van der Waals surface area contributed by atoms with Crippen molar-refractivity contribution in [2.24, 2.45) is 0 Å². The van der Waals surface area contributed by atoms with E-state index in [4.69, 9.17) is 6.40 Å². The number of rotatable bonds is 4. The molecule has 0 aliphatic carbocycles. The zero-order valence-electron chi connectivity index (χ0n) is 12.7. The Morgan fingerprint density at radius 2 is 2.47 bits per heavy atom. The van der Waals surface area contributed by atoms with Gasteiger partial charge >= 0.3 is 0 Å². The van der Waals surface area contributed by atoms with Crippen LogP contribution >= 0.6 is 11.3 Å². The van der Waals surface area contributed by atoms with Gasteiger partial charge in [-0.05, 0) is 6.42 Å². The van der Waals surface area contributed by atoms with Gasteiger partial charge in [0.1, 0.15) is 1.41 Å². The maximum absolute atomic E-state index is 8.07. The van der Waals surface area contributed by atoms with Crippen LogP contribution in [0.4, 0.5) is 5.13 Å². The van der Waals surface area contributed by atoms with Crippen LogP contribution in [-0.4, -0.2) is 37.2 Å². The topological polar surface area (TPSA) is 40.2 Å². The number of anilines is 1. The number of fused-ring (bicyclic) bond motifs is 1. The molecule has 0 amide bonds. The van der Waals surface area contributed by atoms with Gasteiger partial charge in [-0.1, -0.05) is 19.8 Å². The number of nitrogens with one attached hydrogen (secondary N) is 2. The maximum atomic E-state index is 8.07. The molecule has 1 aromatic heterocycles. The van der Waals surface area contributed by atoms with E-state index in [1.54, 1.807) is 5.31 Å². The van der Waals surface area contributed by atoms with E-state index in [9.17, 15) is 0 Å². The summed E-state index contributed by atoms with van der Waals surface area (Å²) in [5.41, 5.74) is 1.29. The first-order chi connectivity index (χ1) is 9.78. The first-order valence-electron chi connectivity index (χ1n) is 7.92. The lowest BCUT2D eigenvalue weighted by Gasteiger charge is -2.33. The van der Waals surface area contributed by atoms with Crippen molar-refractivity contribution in [2.45, 2.75) is 45.2 Å². The second-order valence-corrected chi connectivity index (χ2v) is 6.50. The zero-order valence-corrected chi connectivity index (χ0v) is 12.5. The molecule has 4 nitrogen and oxygen atoms in total. The van der Waals surface area contributed by atoms with Crippen molar-refractivity contribution in [1.29, 1.82) is 0 Å². The first kappa shape index (κ1) is 12.1. The Bertz CT molecular complexity index is 427. The SMILES string of the molecule is [2H]N1CCN(c2nc3c(s2)CNCC3)CC1CCCC. The molecule has 3 rings (SSSR count). The highest BCUT2D eigenvalue weighted by atomic mass is 32.1. The van der Waals surface area contributed by atoms with Crippen molar-refractivity contribution in [3.63, 3.8) is 0 Å². The number of hydrogen-bond acceptors (Lipinski definition) is 5. The van der Waals surface area contributed by atoms with Gasteiger partial charge < -0.3 is 15.5 Å². The Labute approximate surface area is 121 Å². The van der Waals surface area contributed by atoms with Gasteiger partial charge in [-0.25, -0.2) is 4.98 Å². The highest BCUT2D eigenvalue weighted by Gasteiger charge is 2.23. The molecule has 5 heteroatoms. The molecule has 2 N–H and O–H groups in total. The molecule has 2 aliphatic rings. The molecule has 1 atom stereocenters. The van der Waals surface area contributed by atoms with Crippen molar-refractivity contribution in [3.05, 3.63) is 10.6 Å². The summed E-state index contributed by atoms with van der Waals surface area (Å²) < 4.78 is 8.07. The van der Waals surface area contributed by atoms with E-state index in [-0.39, 0.29) is 0 Å². The molecule has 0 bridgehead atoms. The molecule has 0 aromatic carbocycles. The fraction of sp³-hybridized carbons (Fsp3) is 0.786. The lowest BCUT2D eigenvalue weighted by atomic mass is 10.1. The van der Waals surface area contributed by atoms with Crippen molar-refractivity contribution in [2.75, 3.05) is 31.1 Å². The smallest absolute Gasteiger partial charge is 0.185 e. The predicted octanol–water partition coefficient (Wildman–Crippen LogP) is 1.76.